The molecule has 0 amide bonds. The molecule has 0 aliphatic carbocycles. The van der Waals surface area contributed by atoms with Crippen molar-refractivity contribution in [2.75, 3.05) is 5.73 Å². The fourth-order valence-corrected chi connectivity index (χ4v) is 13.0. The van der Waals surface area contributed by atoms with Gasteiger partial charge in [-0.05, 0) is 66.5 Å². The Labute approximate surface area is 365 Å². The summed E-state index contributed by atoms with van der Waals surface area (Å²) in [5.74, 6) is -0.494. The maximum atomic E-state index is 14.9. The van der Waals surface area contributed by atoms with Crippen LogP contribution < -0.4 is 5.73 Å². The first-order chi connectivity index (χ1) is 28.1. The average Bonchev–Trinajstić information content (AvgIpc) is 3.19. The Bertz CT molecular complexity index is 2050. The number of hydrogen-bond donors (Lipinski definition) is 3. The van der Waals surface area contributed by atoms with Gasteiger partial charge in [0.1, 0.15) is 14.7 Å². The van der Waals surface area contributed by atoms with Crippen molar-refractivity contribution in [3.8, 4) is 0 Å². The summed E-state index contributed by atoms with van der Waals surface area (Å²) in [5, 5.41) is 0. The Kier molecular flexibility index (Phi) is 24.8. The second-order valence-electron chi connectivity index (χ2n) is 15.8. The Morgan fingerprint density at radius 3 is 1.20 bits per heavy atom. The summed E-state index contributed by atoms with van der Waals surface area (Å²) in [7, 11) is -14.9. The van der Waals surface area contributed by atoms with E-state index < -0.39 is 69.9 Å². The van der Waals surface area contributed by atoms with Crippen molar-refractivity contribution in [2.45, 2.75) is 199 Å². The summed E-state index contributed by atoms with van der Waals surface area (Å²) in [4.78, 5) is -3.13. The van der Waals surface area contributed by atoms with Gasteiger partial charge in [-0.15, -0.1) is 0 Å². The topological polar surface area (TPSA) is 186 Å². The molecule has 0 aromatic heterocycles. The van der Waals surface area contributed by atoms with Gasteiger partial charge in [-0.3, -0.25) is 4.55 Å². The zero-order chi connectivity index (χ0) is 43.9. The van der Waals surface area contributed by atoms with Gasteiger partial charge in [-0.2, -0.15) is 8.42 Å². The molecule has 0 atom stereocenters. The van der Waals surface area contributed by atoms with Crippen molar-refractivity contribution in [3.63, 3.8) is 0 Å². The first-order valence-corrected chi connectivity index (χ1v) is 27.5. The summed E-state index contributed by atoms with van der Waals surface area (Å²) < 4.78 is 112. The monoisotopic (exact) mass is 912 g/mol. The van der Waals surface area contributed by atoms with Gasteiger partial charge in [0.25, 0.3) is 10.1 Å². The van der Waals surface area contributed by atoms with E-state index in [-0.39, 0.29) is 21.0 Å². The van der Waals surface area contributed by atoms with Crippen LogP contribution in [0, 0.1) is 0 Å². The van der Waals surface area contributed by atoms with E-state index in [2.05, 4.69) is 13.8 Å². The van der Waals surface area contributed by atoms with Crippen molar-refractivity contribution in [3.05, 3.63) is 71.3 Å². The molecule has 3 rings (SSSR count). The Morgan fingerprint density at radius 1 is 0.542 bits per heavy atom. The predicted octanol–water partition coefficient (Wildman–Crippen LogP) is 11.6. The number of anilines is 1. The van der Waals surface area contributed by atoms with Crippen molar-refractivity contribution >= 4 is 35.5 Å². The van der Waals surface area contributed by atoms with Crippen LogP contribution in [-0.2, 0) is 65.5 Å². The first kappa shape index (κ1) is 52.9. The van der Waals surface area contributed by atoms with Gasteiger partial charge >= 0.3 is 26.5 Å². The molecule has 0 bridgehead atoms. The molecule has 0 spiro atoms. The van der Waals surface area contributed by atoms with E-state index in [1.165, 1.54) is 95.2 Å². The molecule has 4 N–H and O–H groups in total. The molecule has 14 heteroatoms. The Morgan fingerprint density at radius 2 is 0.864 bits per heavy atom. The zero-order valence-electron chi connectivity index (χ0n) is 35.9. The fraction of sp³-hybridized carbons (Fsp3) is 0.600. The van der Waals surface area contributed by atoms with Crippen molar-refractivity contribution in [1.29, 1.82) is 0 Å². The van der Waals surface area contributed by atoms with Crippen molar-refractivity contribution in [1.82, 2.24) is 0 Å². The standard InChI is InChI=1S/C45H69NO7S3.H2O.O.Ti/c1-5-7-9-11-13-15-17-19-21-23-29-37-31-25-27-33-40(37)54(47,48)44-42(56(51,52)53)35-39(36(3)4)43(46)45(44)55(49,50)41-34-28-26-32-38(41)30-24-22-20-18-16-14-12-10-8-6-2;;;/h25-28,31-36H,5-24,29-30,46H2,1-4H3,(H,51,52,53);1H2;;/q;;;+1/p-1. The molecule has 0 fully saturated rings. The molecular weight excluding hydrogens is 843 g/mol. The van der Waals surface area contributed by atoms with Crippen LogP contribution in [-0.4, -0.2) is 33.5 Å². The normalized spacial score (nSPS) is 12.0. The fourth-order valence-electron chi connectivity index (χ4n) is 7.61. The number of rotatable bonds is 28. The summed E-state index contributed by atoms with van der Waals surface area (Å²) in [6.45, 7) is 7.81. The average molecular weight is 913 g/mol. The van der Waals surface area contributed by atoms with Gasteiger partial charge < -0.3 is 5.73 Å². The van der Waals surface area contributed by atoms with Gasteiger partial charge in [-0.25, -0.2) is 16.8 Å². The van der Waals surface area contributed by atoms with Crippen LogP contribution in [0.25, 0.3) is 0 Å². The van der Waals surface area contributed by atoms with Gasteiger partial charge in [-0.1, -0.05) is 180 Å². The minimum absolute atomic E-state index is 0.112. The van der Waals surface area contributed by atoms with Crippen molar-refractivity contribution in [2.24, 2.45) is 0 Å². The van der Waals surface area contributed by atoms with E-state index >= 15 is 0 Å². The molecular formula is C45H70NO9S3Ti. The second-order valence-corrected chi connectivity index (χ2v) is 21.2. The summed E-state index contributed by atoms with van der Waals surface area (Å²) in [6.07, 6.45) is 23.1. The third kappa shape index (κ3) is 16.9. The van der Waals surface area contributed by atoms with Crippen LogP contribution in [0.4, 0.5) is 5.69 Å². The molecule has 0 saturated heterocycles. The molecule has 0 radical (unpaired) electrons. The molecule has 59 heavy (non-hydrogen) atoms. The maximum absolute atomic E-state index is 14.9. The van der Waals surface area contributed by atoms with E-state index in [1.807, 2.05) is 0 Å². The Balaban J connectivity index is 0.00000387. The van der Waals surface area contributed by atoms with Crippen LogP contribution in [0.5, 0.6) is 0 Å². The molecule has 0 saturated carbocycles. The Hall–Kier alpha value is -2.26. The van der Waals surface area contributed by atoms with Crippen molar-refractivity contribution < 1.29 is 56.3 Å². The summed E-state index contributed by atoms with van der Waals surface area (Å²) in [5.41, 5.74) is 7.36. The molecule has 0 aliphatic heterocycles. The quantitative estimate of drug-likeness (QED) is 0.0274. The second kappa shape index (κ2) is 27.6. The van der Waals surface area contributed by atoms with E-state index in [0.717, 1.165) is 51.0 Å². The number of unbranched alkanes of at least 4 members (excludes halogenated alkanes) is 18. The third-order valence-electron chi connectivity index (χ3n) is 10.8. The molecule has 10 nitrogen and oxygen atoms in total. The number of benzene rings is 3. The van der Waals surface area contributed by atoms with E-state index in [9.17, 15) is 29.8 Å². The molecule has 331 valence electrons. The first-order valence-electron chi connectivity index (χ1n) is 21.7. The van der Waals surface area contributed by atoms with Crippen LogP contribution >= 0.6 is 0 Å². The number of hydrogen-bond acceptors (Lipinski definition) is 8. The zero-order valence-corrected chi connectivity index (χ0v) is 39.9. The van der Waals surface area contributed by atoms with Gasteiger partial charge in [0.15, 0.2) is 0 Å². The van der Waals surface area contributed by atoms with Crippen LogP contribution in [0.3, 0.4) is 0 Å². The van der Waals surface area contributed by atoms with Gasteiger partial charge in [0.05, 0.1) is 15.5 Å². The minimum atomic E-state index is -5.25. The molecule has 0 heterocycles. The van der Waals surface area contributed by atoms with Gasteiger partial charge in [0, 0.05) is 0 Å². The van der Waals surface area contributed by atoms with Crippen LogP contribution in [0.1, 0.15) is 179 Å². The molecule has 3 aromatic rings. The third-order valence-corrected chi connectivity index (χ3v) is 15.8. The van der Waals surface area contributed by atoms with E-state index in [1.54, 1.807) is 44.2 Å². The van der Waals surface area contributed by atoms with E-state index in [0.29, 0.717) is 30.4 Å². The van der Waals surface area contributed by atoms with E-state index in [4.69, 9.17) is 12.7 Å². The number of sulfone groups is 2. The summed E-state index contributed by atoms with van der Waals surface area (Å²) in [6, 6.07) is 13.7. The number of nitrogens with two attached hydrogens (primary N) is 1. The van der Waals surface area contributed by atoms with Crippen LogP contribution in [0.15, 0.2) is 79.1 Å². The summed E-state index contributed by atoms with van der Waals surface area (Å²) >= 11 is -1.75. The molecule has 0 unspecified atom stereocenters. The number of nitrogen functional groups attached to an aromatic ring is 1. The molecule has 3 aromatic carbocycles. The SMILES string of the molecule is CCCCCCCCCCCCc1ccccc1S(=O)(=O)c1c(S(=O)(=O)O)cc(C(C)C)c(N)c1S(=O)(=O)c1ccccc1CCCCCCCCCCCC.[O]=[Ti][OH]. The number of aryl methyl sites for hydroxylation is 2. The van der Waals surface area contributed by atoms with Crippen LogP contribution in [0.2, 0.25) is 0 Å². The predicted molar refractivity (Wildman–Crippen MR) is 233 cm³/mol. The van der Waals surface area contributed by atoms with Gasteiger partial charge in [0.2, 0.25) is 19.7 Å². The molecule has 0 aliphatic rings.